The molecule has 0 atom stereocenters. The fourth-order valence-corrected chi connectivity index (χ4v) is 3.42. The molecule has 6 nitrogen and oxygen atoms in total. The number of hydrazone groups is 1. The summed E-state index contributed by atoms with van der Waals surface area (Å²) in [5, 5.41) is 6.29. The van der Waals surface area contributed by atoms with Crippen molar-refractivity contribution in [1.29, 1.82) is 0 Å². The molecule has 33 heavy (non-hydrogen) atoms. The number of amides is 1. The van der Waals surface area contributed by atoms with Crippen LogP contribution in [0.25, 0.3) is 10.8 Å². The van der Waals surface area contributed by atoms with Gasteiger partial charge in [-0.05, 0) is 59.3 Å². The molecule has 4 aromatic carbocycles. The number of rotatable bonds is 6. The lowest BCUT2D eigenvalue weighted by Gasteiger charge is -2.11. The molecule has 0 saturated carbocycles. The van der Waals surface area contributed by atoms with Gasteiger partial charge in [-0.2, -0.15) is 5.10 Å². The normalized spacial score (nSPS) is 10.8. The minimum absolute atomic E-state index is 0.315. The summed E-state index contributed by atoms with van der Waals surface area (Å²) in [4.78, 5) is 25.1. The maximum absolute atomic E-state index is 12.7. The number of fused-ring (bicyclic) bond motifs is 1. The molecule has 0 spiro atoms. The van der Waals surface area contributed by atoms with Gasteiger partial charge in [0.1, 0.15) is 11.5 Å². The Morgan fingerprint density at radius 1 is 0.909 bits per heavy atom. The largest absolute Gasteiger partial charge is 0.497 e. The second kappa shape index (κ2) is 9.97. The average molecular weight is 459 g/mol. The Balaban J connectivity index is 1.61. The van der Waals surface area contributed by atoms with Gasteiger partial charge < -0.3 is 9.47 Å². The number of benzene rings is 4. The van der Waals surface area contributed by atoms with Gasteiger partial charge in [-0.1, -0.05) is 48.0 Å². The van der Waals surface area contributed by atoms with Crippen molar-refractivity contribution in [3.8, 4) is 11.5 Å². The Morgan fingerprint density at radius 2 is 1.70 bits per heavy atom. The van der Waals surface area contributed by atoms with Gasteiger partial charge in [0.2, 0.25) is 0 Å². The molecule has 0 bridgehead atoms. The first-order chi connectivity index (χ1) is 16.0. The number of ether oxygens (including phenoxy) is 2. The summed E-state index contributed by atoms with van der Waals surface area (Å²) in [6.45, 7) is 0. The van der Waals surface area contributed by atoms with Crippen molar-refractivity contribution in [1.82, 2.24) is 5.43 Å². The Labute approximate surface area is 195 Å². The number of nitrogens with zero attached hydrogens (tertiary/aromatic N) is 1. The van der Waals surface area contributed by atoms with Crippen LogP contribution < -0.4 is 14.9 Å². The van der Waals surface area contributed by atoms with Gasteiger partial charge in [0.15, 0.2) is 0 Å². The minimum atomic E-state index is -0.523. The Kier molecular flexibility index (Phi) is 6.66. The van der Waals surface area contributed by atoms with Crippen LogP contribution >= 0.6 is 11.6 Å². The monoisotopic (exact) mass is 458 g/mol. The van der Waals surface area contributed by atoms with Crippen LogP contribution in [0.3, 0.4) is 0 Å². The van der Waals surface area contributed by atoms with Crippen molar-refractivity contribution >= 4 is 40.5 Å². The van der Waals surface area contributed by atoms with Crippen LogP contribution in [0, 0.1) is 0 Å². The maximum Gasteiger partial charge on any atom is 0.343 e. The summed E-state index contributed by atoms with van der Waals surface area (Å²) in [7, 11) is 1.55. The molecular weight excluding hydrogens is 440 g/mol. The third-order valence-electron chi connectivity index (χ3n) is 4.91. The third kappa shape index (κ3) is 5.19. The van der Waals surface area contributed by atoms with Crippen LogP contribution in [0.2, 0.25) is 5.02 Å². The van der Waals surface area contributed by atoms with Crippen LogP contribution in [0.4, 0.5) is 0 Å². The van der Waals surface area contributed by atoms with E-state index in [1.54, 1.807) is 61.7 Å². The molecular formula is C26H19ClN2O4. The number of halogens is 1. The predicted octanol–water partition coefficient (Wildman–Crippen LogP) is 5.48. The van der Waals surface area contributed by atoms with E-state index < -0.39 is 11.9 Å². The molecule has 0 aliphatic carbocycles. The highest BCUT2D eigenvalue weighted by molar-refractivity contribution is 6.31. The fraction of sp³-hybridized carbons (Fsp3) is 0.0385. The predicted molar refractivity (Wildman–Crippen MR) is 128 cm³/mol. The van der Waals surface area contributed by atoms with Gasteiger partial charge >= 0.3 is 5.97 Å². The van der Waals surface area contributed by atoms with Crippen LogP contribution in [-0.4, -0.2) is 25.2 Å². The zero-order valence-electron chi connectivity index (χ0n) is 17.6. The first-order valence-electron chi connectivity index (χ1n) is 10.0. The van der Waals surface area contributed by atoms with Crippen LogP contribution in [-0.2, 0) is 0 Å². The molecule has 0 saturated heterocycles. The van der Waals surface area contributed by atoms with Crippen molar-refractivity contribution in [2.24, 2.45) is 5.10 Å². The van der Waals surface area contributed by atoms with E-state index in [0.717, 1.165) is 10.8 Å². The number of methoxy groups -OCH3 is 1. The quantitative estimate of drug-likeness (QED) is 0.179. The molecule has 1 amide bonds. The van der Waals surface area contributed by atoms with Crippen molar-refractivity contribution in [3.05, 3.63) is 107 Å². The average Bonchev–Trinajstić information content (AvgIpc) is 2.85. The SMILES string of the molecule is COc1ccc(C(=O)Oc2ccc3ccccc3c2C=NNC(=O)c2cccc(Cl)c2)cc1. The standard InChI is InChI=1S/C26H19ClN2O4/c1-32-21-12-9-18(10-13-21)26(31)33-24-14-11-17-5-2-3-8-22(17)23(24)16-28-29-25(30)19-6-4-7-20(27)15-19/h2-16H,1H3,(H,29,30). The van der Waals surface area contributed by atoms with E-state index in [-0.39, 0.29) is 0 Å². The van der Waals surface area contributed by atoms with Gasteiger partial charge in [0.25, 0.3) is 5.91 Å². The molecule has 7 heteroatoms. The molecule has 4 aromatic rings. The molecule has 0 radical (unpaired) electrons. The molecule has 0 fully saturated rings. The van der Waals surface area contributed by atoms with Gasteiger partial charge in [0, 0.05) is 16.1 Å². The number of hydrogen-bond donors (Lipinski definition) is 1. The number of carbonyl (C=O) groups is 2. The van der Waals surface area contributed by atoms with E-state index >= 15 is 0 Å². The minimum Gasteiger partial charge on any atom is -0.497 e. The van der Waals surface area contributed by atoms with Crippen LogP contribution in [0.1, 0.15) is 26.3 Å². The first-order valence-corrected chi connectivity index (χ1v) is 10.4. The zero-order chi connectivity index (χ0) is 23.2. The van der Waals surface area contributed by atoms with Crippen molar-refractivity contribution < 1.29 is 19.1 Å². The van der Waals surface area contributed by atoms with Crippen LogP contribution in [0.5, 0.6) is 11.5 Å². The van der Waals surface area contributed by atoms with E-state index in [4.69, 9.17) is 21.1 Å². The smallest absolute Gasteiger partial charge is 0.343 e. The Morgan fingerprint density at radius 3 is 2.45 bits per heavy atom. The van der Waals surface area contributed by atoms with E-state index in [0.29, 0.717) is 33.2 Å². The third-order valence-corrected chi connectivity index (χ3v) is 5.14. The summed E-state index contributed by atoms with van der Waals surface area (Å²) < 4.78 is 10.8. The summed E-state index contributed by atoms with van der Waals surface area (Å²) in [5.74, 6) is 0.0205. The zero-order valence-corrected chi connectivity index (χ0v) is 18.4. The van der Waals surface area contributed by atoms with Crippen molar-refractivity contribution in [2.45, 2.75) is 0 Å². The van der Waals surface area contributed by atoms with Crippen molar-refractivity contribution in [2.75, 3.05) is 7.11 Å². The summed E-state index contributed by atoms with van der Waals surface area (Å²) in [6, 6.07) is 24.3. The number of nitrogens with one attached hydrogen (secondary N) is 1. The van der Waals surface area contributed by atoms with Gasteiger partial charge in [-0.25, -0.2) is 10.2 Å². The summed E-state index contributed by atoms with van der Waals surface area (Å²) >= 11 is 5.95. The molecule has 0 unspecified atom stereocenters. The van der Waals surface area contributed by atoms with Crippen molar-refractivity contribution in [3.63, 3.8) is 0 Å². The van der Waals surface area contributed by atoms with E-state index in [1.807, 2.05) is 30.3 Å². The molecule has 4 rings (SSSR count). The highest BCUT2D eigenvalue weighted by atomic mass is 35.5. The van der Waals surface area contributed by atoms with Gasteiger partial charge in [-0.3, -0.25) is 4.79 Å². The molecule has 164 valence electrons. The lowest BCUT2D eigenvalue weighted by atomic mass is 10.0. The number of esters is 1. The highest BCUT2D eigenvalue weighted by Gasteiger charge is 2.14. The van der Waals surface area contributed by atoms with Crippen LogP contribution in [0.15, 0.2) is 90.0 Å². The van der Waals surface area contributed by atoms with Gasteiger partial charge in [-0.15, -0.1) is 0 Å². The molecule has 1 N–H and O–H groups in total. The van der Waals surface area contributed by atoms with E-state index in [2.05, 4.69) is 10.5 Å². The molecule has 0 aliphatic rings. The topological polar surface area (TPSA) is 77.0 Å². The molecule has 0 aliphatic heterocycles. The maximum atomic E-state index is 12.7. The number of hydrogen-bond acceptors (Lipinski definition) is 5. The van der Waals surface area contributed by atoms with E-state index in [1.165, 1.54) is 6.21 Å². The number of carbonyl (C=O) groups excluding carboxylic acids is 2. The highest BCUT2D eigenvalue weighted by Crippen LogP contribution is 2.27. The Hall–Kier alpha value is -4.16. The second-order valence-corrected chi connectivity index (χ2v) is 7.46. The molecule has 0 aromatic heterocycles. The lowest BCUT2D eigenvalue weighted by Crippen LogP contribution is -2.17. The fourth-order valence-electron chi connectivity index (χ4n) is 3.23. The Bertz CT molecular complexity index is 1350. The summed E-state index contributed by atoms with van der Waals surface area (Å²) in [6.07, 6.45) is 1.46. The molecule has 0 heterocycles. The summed E-state index contributed by atoms with van der Waals surface area (Å²) in [5.41, 5.74) is 3.79. The second-order valence-electron chi connectivity index (χ2n) is 7.03. The first kappa shape index (κ1) is 22.0. The lowest BCUT2D eigenvalue weighted by molar-refractivity contribution is 0.0734. The van der Waals surface area contributed by atoms with Gasteiger partial charge in [0.05, 0.1) is 18.9 Å². The van der Waals surface area contributed by atoms with E-state index in [9.17, 15) is 9.59 Å².